The molecule has 0 saturated carbocycles. The number of hydrogen-bond donors (Lipinski definition) is 0. The molecule has 36 heavy (non-hydrogen) atoms. The molecule has 0 N–H and O–H groups in total. The van der Waals surface area contributed by atoms with Crippen LogP contribution < -0.4 is 0 Å². The summed E-state index contributed by atoms with van der Waals surface area (Å²) in [5.41, 5.74) is 4.28. The van der Waals surface area contributed by atoms with Gasteiger partial charge >= 0.3 is 0 Å². The van der Waals surface area contributed by atoms with Gasteiger partial charge in [0, 0.05) is 35.2 Å². The van der Waals surface area contributed by atoms with Gasteiger partial charge in [0.1, 0.15) is 0 Å². The summed E-state index contributed by atoms with van der Waals surface area (Å²) in [4.78, 5) is 8.16. The maximum atomic E-state index is 6.72. The lowest BCUT2D eigenvalue weighted by Crippen LogP contribution is -2.13. The monoisotopic (exact) mass is 508 g/mol. The summed E-state index contributed by atoms with van der Waals surface area (Å²) in [5.74, 6) is 0.576. The number of hydrogen-bond acceptors (Lipinski definition) is 2. The highest BCUT2D eigenvalue weighted by atomic mass is 35.5. The van der Waals surface area contributed by atoms with E-state index in [0.29, 0.717) is 5.92 Å². The molecular weight excluding hydrogens is 483 g/mol. The number of rotatable bonds is 1. The molecule has 0 fully saturated rings. The van der Waals surface area contributed by atoms with Crippen molar-refractivity contribution in [1.29, 1.82) is 0 Å². The summed E-state index contributed by atoms with van der Waals surface area (Å²) in [6.45, 7) is 0. The zero-order valence-corrected chi connectivity index (χ0v) is 21.3. The molecular formula is C32H26Cl2N2. The Labute approximate surface area is 222 Å². The third kappa shape index (κ3) is 4.67. The zero-order chi connectivity index (χ0) is 23.6. The Bertz CT molecular complexity index is 1580. The summed E-state index contributed by atoms with van der Waals surface area (Å²) in [5, 5.41) is 8.37. The van der Waals surface area contributed by atoms with Crippen LogP contribution in [0.4, 0.5) is 0 Å². The van der Waals surface area contributed by atoms with Crippen LogP contribution in [0.2, 0.25) is 5.02 Å². The SMILES string of the molecule is Cl.Clc1cc2ccccc2c2ccc3c(c12)CCC(c1ccncc1)C3.c1ccc2cnccc2c1. The first-order valence-corrected chi connectivity index (χ1v) is 12.5. The molecule has 1 unspecified atom stereocenters. The minimum atomic E-state index is 0. The van der Waals surface area contributed by atoms with Crippen molar-refractivity contribution in [3.05, 3.63) is 131 Å². The van der Waals surface area contributed by atoms with Gasteiger partial charge in [-0.25, -0.2) is 0 Å². The van der Waals surface area contributed by atoms with E-state index in [0.717, 1.165) is 17.9 Å². The molecule has 1 aliphatic carbocycles. The van der Waals surface area contributed by atoms with Crippen LogP contribution in [-0.2, 0) is 12.8 Å². The number of benzene rings is 4. The quantitative estimate of drug-likeness (QED) is 0.207. The number of pyridine rings is 2. The Kier molecular flexibility index (Phi) is 7.18. The highest BCUT2D eigenvalue weighted by molar-refractivity contribution is 6.38. The van der Waals surface area contributed by atoms with Crippen LogP contribution in [0.1, 0.15) is 29.0 Å². The average molecular weight is 509 g/mol. The van der Waals surface area contributed by atoms with E-state index in [1.54, 1.807) is 0 Å². The fourth-order valence-corrected chi connectivity index (χ4v) is 5.71. The first-order valence-electron chi connectivity index (χ1n) is 12.1. The summed E-state index contributed by atoms with van der Waals surface area (Å²) >= 11 is 6.72. The normalized spacial score (nSPS) is 14.5. The second-order valence-corrected chi connectivity index (χ2v) is 9.56. The van der Waals surface area contributed by atoms with E-state index in [1.807, 2.05) is 43.0 Å². The molecule has 1 atom stereocenters. The van der Waals surface area contributed by atoms with Crippen molar-refractivity contribution in [1.82, 2.24) is 9.97 Å². The van der Waals surface area contributed by atoms with Gasteiger partial charge in [0.25, 0.3) is 0 Å². The van der Waals surface area contributed by atoms with Gasteiger partial charge in [-0.05, 0) is 93.1 Å². The van der Waals surface area contributed by atoms with Crippen LogP contribution in [0, 0.1) is 0 Å². The highest BCUT2D eigenvalue weighted by Crippen LogP contribution is 2.40. The molecule has 6 aromatic rings. The van der Waals surface area contributed by atoms with E-state index in [4.69, 9.17) is 11.6 Å². The van der Waals surface area contributed by atoms with Crippen LogP contribution in [-0.4, -0.2) is 9.97 Å². The third-order valence-corrected chi connectivity index (χ3v) is 7.42. The molecule has 0 aliphatic heterocycles. The van der Waals surface area contributed by atoms with Gasteiger partial charge in [-0.15, -0.1) is 12.4 Å². The van der Waals surface area contributed by atoms with E-state index < -0.39 is 0 Å². The Morgan fingerprint density at radius 1 is 0.694 bits per heavy atom. The van der Waals surface area contributed by atoms with E-state index in [-0.39, 0.29) is 12.4 Å². The minimum Gasteiger partial charge on any atom is -0.265 e. The van der Waals surface area contributed by atoms with Gasteiger partial charge < -0.3 is 0 Å². The Morgan fingerprint density at radius 2 is 1.42 bits per heavy atom. The van der Waals surface area contributed by atoms with Crippen molar-refractivity contribution in [3.8, 4) is 0 Å². The maximum absolute atomic E-state index is 6.72. The summed E-state index contributed by atoms with van der Waals surface area (Å²) in [6.07, 6.45) is 10.8. The smallest absolute Gasteiger partial charge is 0.0493 e. The second-order valence-electron chi connectivity index (χ2n) is 9.15. The van der Waals surface area contributed by atoms with Crippen molar-refractivity contribution < 1.29 is 0 Å². The third-order valence-electron chi connectivity index (χ3n) is 7.12. The molecule has 7 rings (SSSR count). The van der Waals surface area contributed by atoms with Crippen LogP contribution in [0.25, 0.3) is 32.3 Å². The van der Waals surface area contributed by atoms with Crippen molar-refractivity contribution in [2.75, 3.05) is 0 Å². The number of aryl methyl sites for hydroxylation is 1. The van der Waals surface area contributed by atoms with Gasteiger partial charge in [0.05, 0.1) is 0 Å². The van der Waals surface area contributed by atoms with Gasteiger partial charge in [-0.3, -0.25) is 9.97 Å². The Balaban J connectivity index is 0.000000204. The van der Waals surface area contributed by atoms with Crippen molar-refractivity contribution in [2.45, 2.75) is 25.2 Å². The standard InChI is InChI=1S/C23H18ClN.C9H7N.ClH/c24-22-14-17-3-1-2-4-19(17)21-8-6-18-13-16(5-7-20(18)23(21)22)15-9-11-25-12-10-15;1-2-4-9-7-10-6-5-8(9)3-1;/h1-4,6,8-12,14,16H,5,7,13H2;1-7H;1H. The molecule has 0 saturated heterocycles. The van der Waals surface area contributed by atoms with Gasteiger partial charge in [-0.2, -0.15) is 0 Å². The lowest BCUT2D eigenvalue weighted by molar-refractivity contribution is 0.587. The molecule has 4 heteroatoms. The van der Waals surface area contributed by atoms with E-state index in [1.165, 1.54) is 55.4 Å². The van der Waals surface area contributed by atoms with E-state index in [2.05, 4.69) is 76.7 Å². The number of halogens is 2. The lowest BCUT2D eigenvalue weighted by Gasteiger charge is -2.26. The predicted molar refractivity (Wildman–Crippen MR) is 154 cm³/mol. The first-order chi connectivity index (χ1) is 17.3. The van der Waals surface area contributed by atoms with Crippen molar-refractivity contribution >= 4 is 56.3 Å². The summed E-state index contributed by atoms with van der Waals surface area (Å²) < 4.78 is 0. The van der Waals surface area contributed by atoms with E-state index in [9.17, 15) is 0 Å². The zero-order valence-electron chi connectivity index (χ0n) is 19.8. The highest BCUT2D eigenvalue weighted by Gasteiger charge is 2.23. The largest absolute Gasteiger partial charge is 0.265 e. The molecule has 2 heterocycles. The molecule has 2 aromatic heterocycles. The minimum absolute atomic E-state index is 0. The molecule has 4 aromatic carbocycles. The topological polar surface area (TPSA) is 25.8 Å². The number of nitrogens with zero attached hydrogens (tertiary/aromatic N) is 2. The van der Waals surface area contributed by atoms with Gasteiger partial charge in [-0.1, -0.05) is 72.3 Å². The number of aromatic nitrogens is 2. The van der Waals surface area contributed by atoms with Crippen molar-refractivity contribution in [3.63, 3.8) is 0 Å². The van der Waals surface area contributed by atoms with E-state index >= 15 is 0 Å². The average Bonchev–Trinajstić information content (AvgIpc) is 2.93. The number of fused-ring (bicyclic) bond motifs is 6. The Morgan fingerprint density at radius 3 is 2.22 bits per heavy atom. The Hall–Kier alpha value is -3.46. The van der Waals surface area contributed by atoms with Gasteiger partial charge in [0.2, 0.25) is 0 Å². The second kappa shape index (κ2) is 10.7. The van der Waals surface area contributed by atoms with Crippen LogP contribution in [0.3, 0.4) is 0 Å². The lowest BCUT2D eigenvalue weighted by atomic mass is 9.78. The molecule has 1 aliphatic rings. The fourth-order valence-electron chi connectivity index (χ4n) is 5.37. The van der Waals surface area contributed by atoms with Crippen LogP contribution >= 0.6 is 24.0 Å². The van der Waals surface area contributed by atoms with Crippen LogP contribution in [0.5, 0.6) is 0 Å². The summed E-state index contributed by atoms with van der Waals surface area (Å²) in [7, 11) is 0. The first kappa shape index (κ1) is 24.2. The van der Waals surface area contributed by atoms with Crippen molar-refractivity contribution in [2.24, 2.45) is 0 Å². The predicted octanol–water partition coefficient (Wildman–Crippen LogP) is 8.97. The molecule has 178 valence electrons. The summed E-state index contributed by atoms with van der Waals surface area (Å²) in [6, 6.07) is 29.7. The fraction of sp³-hybridized carbons (Fsp3) is 0.125. The molecule has 0 spiro atoms. The molecule has 0 amide bonds. The molecule has 0 bridgehead atoms. The van der Waals surface area contributed by atoms with Gasteiger partial charge in [0.15, 0.2) is 0 Å². The van der Waals surface area contributed by atoms with Crippen LogP contribution in [0.15, 0.2) is 110 Å². The molecule has 2 nitrogen and oxygen atoms in total. The molecule has 0 radical (unpaired) electrons. The maximum Gasteiger partial charge on any atom is 0.0493 e.